The fourth-order valence-electron chi connectivity index (χ4n) is 5.78. The lowest BCUT2D eigenvalue weighted by Gasteiger charge is -2.24. The monoisotopic (exact) mass is 733 g/mol. The molecule has 0 saturated heterocycles. The zero-order chi connectivity index (χ0) is 37.0. The molecule has 0 amide bonds. The highest BCUT2D eigenvalue weighted by Gasteiger charge is 2.26. The molecule has 0 aromatic rings. The maximum Gasteiger partial charge on any atom is 0.472 e. The van der Waals surface area contributed by atoms with Crippen LogP contribution in [0, 0.1) is 0 Å². The van der Waals surface area contributed by atoms with Crippen LogP contribution in [0.3, 0.4) is 0 Å². The highest BCUT2D eigenvalue weighted by atomic mass is 31.2. The number of carbonyl (C=O) groups excluding carboxylic acids is 1. The Bertz CT molecular complexity index is 817. The molecule has 0 heterocycles. The molecule has 8 nitrogen and oxygen atoms in total. The molecule has 9 heteroatoms. The summed E-state index contributed by atoms with van der Waals surface area (Å²) in [6, 6.07) is 0. The van der Waals surface area contributed by atoms with Crippen LogP contribution in [0.2, 0.25) is 0 Å². The lowest BCUT2D eigenvalue weighted by Crippen LogP contribution is -2.37. The Labute approximate surface area is 310 Å². The van der Waals surface area contributed by atoms with E-state index in [9.17, 15) is 14.3 Å². The summed E-state index contributed by atoms with van der Waals surface area (Å²) in [5, 5.41) is 0. The van der Waals surface area contributed by atoms with Crippen LogP contribution >= 0.6 is 7.82 Å². The number of hydrogen-bond acceptors (Lipinski definition) is 6. The van der Waals surface area contributed by atoms with Gasteiger partial charge in [0.05, 0.1) is 34.4 Å². The van der Waals surface area contributed by atoms with Crippen molar-refractivity contribution < 1.29 is 37.3 Å². The van der Waals surface area contributed by atoms with E-state index >= 15 is 0 Å². The summed E-state index contributed by atoms with van der Waals surface area (Å²) in [6.07, 6.45) is 36.6. The quantitative estimate of drug-likeness (QED) is 0.0221. The molecule has 0 rings (SSSR count). The molecule has 0 aromatic carbocycles. The van der Waals surface area contributed by atoms with Crippen LogP contribution in [0.4, 0.5) is 0 Å². The maximum absolute atomic E-state index is 12.7. The van der Waals surface area contributed by atoms with Gasteiger partial charge in [-0.3, -0.25) is 13.8 Å². The smallest absolute Gasteiger partial charge is 0.457 e. The van der Waals surface area contributed by atoms with E-state index in [2.05, 4.69) is 26.0 Å². The molecule has 0 spiro atoms. The van der Waals surface area contributed by atoms with Crippen molar-refractivity contribution in [2.24, 2.45) is 0 Å². The molecule has 0 radical (unpaired) electrons. The topological polar surface area (TPSA) is 91.3 Å². The molecule has 1 N–H and O–H groups in total. The average Bonchev–Trinajstić information content (AvgIpc) is 3.06. The van der Waals surface area contributed by atoms with Crippen LogP contribution in [0.15, 0.2) is 12.2 Å². The predicted octanol–water partition coefficient (Wildman–Crippen LogP) is 11.9. The van der Waals surface area contributed by atoms with Crippen LogP contribution in [0.1, 0.15) is 187 Å². The van der Waals surface area contributed by atoms with E-state index in [1.165, 1.54) is 135 Å². The summed E-state index contributed by atoms with van der Waals surface area (Å²) >= 11 is 0. The lowest BCUT2D eigenvalue weighted by molar-refractivity contribution is -0.870. The fourth-order valence-corrected chi connectivity index (χ4v) is 6.52. The third-order valence-corrected chi connectivity index (χ3v) is 10.1. The molecule has 0 saturated carbocycles. The van der Waals surface area contributed by atoms with Crippen molar-refractivity contribution in [3.8, 4) is 0 Å². The van der Waals surface area contributed by atoms with Crippen molar-refractivity contribution in [1.82, 2.24) is 0 Å². The number of likely N-dealkylation sites (N-methyl/N-ethyl adjacent to an activating group) is 1. The first kappa shape index (κ1) is 49.2. The number of unbranched alkanes of at least 4 members (excludes halogenated alkanes) is 23. The number of nitrogens with zero attached hydrogens (tertiary/aromatic N) is 1. The largest absolute Gasteiger partial charge is 0.472 e. The minimum absolute atomic E-state index is 0.0907. The lowest BCUT2D eigenvalue weighted by atomic mass is 10.1. The van der Waals surface area contributed by atoms with Gasteiger partial charge in [-0.25, -0.2) is 4.57 Å². The number of phosphoric acid groups is 1. The number of quaternary nitrogens is 1. The van der Waals surface area contributed by atoms with E-state index < -0.39 is 13.9 Å². The Morgan fingerprint density at radius 3 is 1.52 bits per heavy atom. The minimum Gasteiger partial charge on any atom is -0.457 e. The maximum atomic E-state index is 12.7. The number of esters is 1. The first-order valence-corrected chi connectivity index (χ1v) is 22.4. The van der Waals surface area contributed by atoms with E-state index in [4.69, 9.17) is 18.5 Å². The predicted molar refractivity (Wildman–Crippen MR) is 210 cm³/mol. The molecule has 50 heavy (non-hydrogen) atoms. The number of ether oxygens (including phenoxy) is 2. The molecule has 0 bridgehead atoms. The van der Waals surface area contributed by atoms with Crippen LogP contribution in [0.25, 0.3) is 0 Å². The minimum atomic E-state index is -4.26. The fraction of sp³-hybridized carbons (Fsp3) is 0.927. The van der Waals surface area contributed by atoms with E-state index in [-0.39, 0.29) is 25.8 Å². The van der Waals surface area contributed by atoms with E-state index in [1.54, 1.807) is 0 Å². The highest BCUT2D eigenvalue weighted by molar-refractivity contribution is 7.47. The Balaban J connectivity index is 4.22. The van der Waals surface area contributed by atoms with Crippen molar-refractivity contribution in [3.63, 3.8) is 0 Å². The highest BCUT2D eigenvalue weighted by Crippen LogP contribution is 2.43. The second kappa shape index (κ2) is 35.3. The summed E-state index contributed by atoms with van der Waals surface area (Å²) in [5.41, 5.74) is 0. The third-order valence-electron chi connectivity index (χ3n) is 9.08. The van der Waals surface area contributed by atoms with E-state index in [0.717, 1.165) is 32.1 Å². The third kappa shape index (κ3) is 38.5. The Morgan fingerprint density at radius 2 is 1.04 bits per heavy atom. The van der Waals surface area contributed by atoms with Crippen molar-refractivity contribution in [2.75, 3.05) is 54.1 Å². The van der Waals surface area contributed by atoms with Crippen molar-refractivity contribution >= 4 is 13.8 Å². The molecule has 0 aromatic heterocycles. The van der Waals surface area contributed by atoms with Gasteiger partial charge >= 0.3 is 13.8 Å². The van der Waals surface area contributed by atoms with Gasteiger partial charge < -0.3 is 18.9 Å². The van der Waals surface area contributed by atoms with Crippen LogP contribution in [-0.2, 0) is 27.9 Å². The Kier molecular flexibility index (Phi) is 34.7. The van der Waals surface area contributed by atoms with Crippen molar-refractivity contribution in [3.05, 3.63) is 12.2 Å². The van der Waals surface area contributed by atoms with Gasteiger partial charge in [0.1, 0.15) is 19.3 Å². The number of carbonyl (C=O) groups is 1. The second-order valence-corrected chi connectivity index (χ2v) is 16.8. The van der Waals surface area contributed by atoms with Gasteiger partial charge in [-0.2, -0.15) is 0 Å². The molecule has 2 atom stereocenters. The number of rotatable bonds is 39. The summed E-state index contributed by atoms with van der Waals surface area (Å²) in [5.74, 6) is -0.316. The summed E-state index contributed by atoms with van der Waals surface area (Å²) in [7, 11) is 1.67. The van der Waals surface area contributed by atoms with Crippen LogP contribution in [-0.4, -0.2) is 75.6 Å². The van der Waals surface area contributed by atoms with Gasteiger partial charge in [0.15, 0.2) is 0 Å². The molecular weight excluding hydrogens is 649 g/mol. The normalized spacial score (nSPS) is 14.0. The van der Waals surface area contributed by atoms with Gasteiger partial charge in [0.25, 0.3) is 0 Å². The molecule has 0 aliphatic heterocycles. The molecular formula is C41H83NO7P+. The van der Waals surface area contributed by atoms with Gasteiger partial charge in [0, 0.05) is 13.0 Å². The first-order valence-electron chi connectivity index (χ1n) is 20.9. The second-order valence-electron chi connectivity index (χ2n) is 15.4. The Morgan fingerprint density at radius 1 is 0.600 bits per heavy atom. The number of hydrogen-bond donors (Lipinski definition) is 1. The van der Waals surface area contributed by atoms with Crippen molar-refractivity contribution in [1.29, 1.82) is 0 Å². The van der Waals surface area contributed by atoms with Gasteiger partial charge in [-0.05, 0) is 38.5 Å². The first-order chi connectivity index (χ1) is 24.1. The summed E-state index contributed by atoms with van der Waals surface area (Å²) in [4.78, 5) is 22.8. The summed E-state index contributed by atoms with van der Waals surface area (Å²) < 4.78 is 34.9. The zero-order valence-electron chi connectivity index (χ0n) is 33.7. The Hall–Kier alpha value is -0.760. The van der Waals surface area contributed by atoms with Gasteiger partial charge in [-0.15, -0.1) is 0 Å². The molecule has 0 aliphatic rings. The summed E-state index contributed by atoms with van der Waals surface area (Å²) in [6.45, 7) is 5.63. The standard InChI is InChI=1S/C41H82NO7P/c1-6-8-10-12-14-16-18-19-20-21-22-23-24-26-28-30-32-34-41(43)49-40(39-48-50(44,45)47-37-35-42(3,4)5)38-46-36-33-31-29-27-25-17-15-13-11-9-7-2/h19-20,40H,6-18,21-39H2,1-5H3/p+1/b20-19-. The molecule has 0 aliphatic carbocycles. The van der Waals surface area contributed by atoms with Gasteiger partial charge in [-0.1, -0.05) is 154 Å². The molecule has 0 fully saturated rings. The van der Waals surface area contributed by atoms with Crippen molar-refractivity contribution in [2.45, 2.75) is 193 Å². The average molecular weight is 733 g/mol. The molecule has 2 unspecified atom stereocenters. The number of allylic oxidation sites excluding steroid dienone is 2. The van der Waals surface area contributed by atoms with Crippen LogP contribution < -0.4 is 0 Å². The molecule has 298 valence electrons. The number of phosphoric ester groups is 1. The van der Waals surface area contributed by atoms with Crippen LogP contribution in [0.5, 0.6) is 0 Å². The zero-order valence-corrected chi connectivity index (χ0v) is 34.5. The van der Waals surface area contributed by atoms with E-state index in [0.29, 0.717) is 24.1 Å². The van der Waals surface area contributed by atoms with Gasteiger partial charge in [0.2, 0.25) is 0 Å². The SMILES string of the molecule is CCCCCCCC/C=C\CCCCCCCCCC(=O)OC(COCCCCCCCCCCCCC)COP(=O)(O)OCC[N+](C)(C)C. The van der Waals surface area contributed by atoms with E-state index in [1.807, 2.05) is 21.1 Å².